The van der Waals surface area contributed by atoms with Gasteiger partial charge in [0, 0.05) is 17.7 Å². The van der Waals surface area contributed by atoms with Gasteiger partial charge in [0.15, 0.2) is 5.12 Å². The minimum atomic E-state index is -1.24. The molecule has 0 radical (unpaired) electrons. The highest BCUT2D eigenvalue weighted by atomic mass is 35.5. The first-order valence-corrected chi connectivity index (χ1v) is 7.67. The van der Waals surface area contributed by atoms with Crippen LogP contribution < -0.4 is 0 Å². The molecule has 2 atom stereocenters. The van der Waals surface area contributed by atoms with Crippen molar-refractivity contribution in [3.63, 3.8) is 0 Å². The highest BCUT2D eigenvalue weighted by Gasteiger charge is 2.22. The third-order valence-electron chi connectivity index (χ3n) is 2.85. The molecule has 0 saturated carbocycles. The van der Waals surface area contributed by atoms with Crippen LogP contribution in [0.3, 0.4) is 0 Å². The topological polar surface area (TPSA) is 94.8 Å². The van der Waals surface area contributed by atoms with Crippen LogP contribution in [0.15, 0.2) is 18.2 Å². The predicted molar refractivity (Wildman–Crippen MR) is 81.5 cm³/mol. The van der Waals surface area contributed by atoms with Crippen LogP contribution in [0.25, 0.3) is 0 Å². The predicted octanol–water partition coefficient (Wildman–Crippen LogP) is 2.03. The summed E-state index contributed by atoms with van der Waals surface area (Å²) in [6.07, 6.45) is -2.39. The molecule has 21 heavy (non-hydrogen) atoms. The molecular formula is C14H17ClO5S. The number of benzene rings is 1. The third kappa shape index (κ3) is 6.05. The molecule has 0 amide bonds. The molecule has 0 saturated heterocycles. The van der Waals surface area contributed by atoms with Gasteiger partial charge in [0.2, 0.25) is 0 Å². The summed E-state index contributed by atoms with van der Waals surface area (Å²) in [4.78, 5) is 21.6. The summed E-state index contributed by atoms with van der Waals surface area (Å²) in [6.45, 7) is 1.43. The van der Waals surface area contributed by atoms with E-state index in [-0.39, 0.29) is 18.0 Å². The van der Waals surface area contributed by atoms with Crippen molar-refractivity contribution in [2.24, 2.45) is 0 Å². The highest BCUT2D eigenvalue weighted by Crippen LogP contribution is 2.27. The van der Waals surface area contributed by atoms with Gasteiger partial charge < -0.3 is 15.3 Å². The van der Waals surface area contributed by atoms with E-state index in [9.17, 15) is 19.8 Å². The Kier molecular flexibility index (Phi) is 7.17. The van der Waals surface area contributed by atoms with Gasteiger partial charge in [-0.25, -0.2) is 0 Å². The van der Waals surface area contributed by atoms with Gasteiger partial charge in [-0.1, -0.05) is 29.4 Å². The monoisotopic (exact) mass is 332 g/mol. The molecule has 0 aromatic heterocycles. The number of aliphatic hydroxyl groups is 2. The zero-order valence-corrected chi connectivity index (χ0v) is 13.0. The second-order valence-electron chi connectivity index (χ2n) is 4.55. The molecule has 0 spiro atoms. The molecule has 0 fully saturated rings. The lowest BCUT2D eigenvalue weighted by molar-refractivity contribution is -0.136. The number of rotatable bonds is 7. The summed E-state index contributed by atoms with van der Waals surface area (Å²) in [5, 5.41) is 29.3. The van der Waals surface area contributed by atoms with Crippen molar-refractivity contribution >= 4 is 34.4 Å². The summed E-state index contributed by atoms with van der Waals surface area (Å²) in [5.41, 5.74) is 0.697. The fourth-order valence-corrected chi connectivity index (χ4v) is 2.68. The van der Waals surface area contributed by atoms with Crippen LogP contribution in [-0.4, -0.2) is 38.3 Å². The first-order chi connectivity index (χ1) is 9.81. The normalized spacial score (nSPS) is 13.7. The summed E-state index contributed by atoms with van der Waals surface area (Å²) in [5.74, 6) is -0.657. The molecule has 5 nitrogen and oxygen atoms in total. The number of carbonyl (C=O) groups is 2. The molecule has 7 heteroatoms. The quantitative estimate of drug-likeness (QED) is 0.707. The molecule has 0 aliphatic heterocycles. The summed E-state index contributed by atoms with van der Waals surface area (Å²) in [7, 11) is 0. The van der Waals surface area contributed by atoms with Crippen LogP contribution in [0.1, 0.15) is 30.6 Å². The van der Waals surface area contributed by atoms with E-state index < -0.39 is 18.2 Å². The largest absolute Gasteiger partial charge is 0.481 e. The maximum atomic E-state index is 10.8. The van der Waals surface area contributed by atoms with Crippen LogP contribution >= 0.6 is 23.4 Å². The van der Waals surface area contributed by atoms with Crippen molar-refractivity contribution in [3.8, 4) is 0 Å². The molecule has 3 N–H and O–H groups in total. The van der Waals surface area contributed by atoms with Crippen molar-refractivity contribution in [1.29, 1.82) is 0 Å². The Balaban J connectivity index is 2.83. The first kappa shape index (κ1) is 18.0. The standard InChI is InChI=1S/C14H17ClO5S/c1-8(16)21-5-4-12(17)14(20)11-7-10(15)3-2-9(11)6-13(18)19/h2-3,7,12,14,17,20H,4-6H2,1H3,(H,18,19). The van der Waals surface area contributed by atoms with Gasteiger partial charge >= 0.3 is 5.97 Å². The van der Waals surface area contributed by atoms with Crippen molar-refractivity contribution in [2.45, 2.75) is 32.0 Å². The average molecular weight is 333 g/mol. The molecular weight excluding hydrogens is 316 g/mol. The Hall–Kier alpha value is -1.08. The van der Waals surface area contributed by atoms with E-state index in [1.807, 2.05) is 0 Å². The Morgan fingerprint density at radius 1 is 1.33 bits per heavy atom. The first-order valence-electron chi connectivity index (χ1n) is 6.31. The molecule has 1 aromatic rings. The van der Waals surface area contributed by atoms with Gasteiger partial charge in [-0.15, -0.1) is 0 Å². The van der Waals surface area contributed by atoms with E-state index in [2.05, 4.69) is 0 Å². The Morgan fingerprint density at radius 3 is 2.57 bits per heavy atom. The van der Waals surface area contributed by atoms with Crippen molar-refractivity contribution in [3.05, 3.63) is 34.3 Å². The number of carboxylic acids is 1. The maximum Gasteiger partial charge on any atom is 0.307 e. The van der Waals surface area contributed by atoms with E-state index in [1.165, 1.54) is 25.1 Å². The smallest absolute Gasteiger partial charge is 0.307 e. The third-order valence-corrected chi connectivity index (χ3v) is 3.93. The van der Waals surface area contributed by atoms with Crippen LogP contribution in [0.4, 0.5) is 0 Å². The van der Waals surface area contributed by atoms with E-state index in [0.29, 0.717) is 21.9 Å². The number of carbonyl (C=O) groups excluding carboxylic acids is 1. The van der Waals surface area contributed by atoms with Gasteiger partial charge in [0.1, 0.15) is 6.10 Å². The fourth-order valence-electron chi connectivity index (χ4n) is 1.85. The van der Waals surface area contributed by atoms with Gasteiger partial charge in [-0.05, 0) is 29.7 Å². The van der Waals surface area contributed by atoms with E-state index in [0.717, 1.165) is 11.8 Å². The lowest BCUT2D eigenvalue weighted by Gasteiger charge is -2.20. The Bertz CT molecular complexity index is 520. The second kappa shape index (κ2) is 8.38. The van der Waals surface area contributed by atoms with Crippen molar-refractivity contribution < 1.29 is 24.9 Å². The molecule has 1 aromatic carbocycles. The van der Waals surface area contributed by atoms with Gasteiger partial charge in [-0.3, -0.25) is 9.59 Å². The minimum Gasteiger partial charge on any atom is -0.481 e. The summed E-state index contributed by atoms with van der Waals surface area (Å²) >= 11 is 6.92. The Labute approximate surface area is 131 Å². The van der Waals surface area contributed by atoms with E-state index >= 15 is 0 Å². The number of carboxylic acid groups (broad SMARTS) is 1. The fraction of sp³-hybridized carbons (Fsp3) is 0.429. The lowest BCUT2D eigenvalue weighted by atomic mass is 9.96. The number of hydrogen-bond acceptors (Lipinski definition) is 5. The molecule has 0 heterocycles. The number of aliphatic hydroxyl groups excluding tert-OH is 2. The van der Waals surface area contributed by atoms with Crippen molar-refractivity contribution in [1.82, 2.24) is 0 Å². The van der Waals surface area contributed by atoms with Gasteiger partial charge in [0.25, 0.3) is 0 Å². The van der Waals surface area contributed by atoms with Crippen molar-refractivity contribution in [2.75, 3.05) is 5.75 Å². The molecule has 1 rings (SSSR count). The van der Waals surface area contributed by atoms with Crippen LogP contribution in [0.2, 0.25) is 5.02 Å². The Morgan fingerprint density at radius 2 is 2.00 bits per heavy atom. The zero-order chi connectivity index (χ0) is 16.0. The molecule has 0 bridgehead atoms. The number of halogens is 1. The number of aliphatic carboxylic acids is 1. The molecule has 2 unspecified atom stereocenters. The number of hydrogen-bond donors (Lipinski definition) is 3. The minimum absolute atomic E-state index is 0.0639. The van der Waals surface area contributed by atoms with Crippen LogP contribution in [-0.2, 0) is 16.0 Å². The van der Waals surface area contributed by atoms with Gasteiger partial charge in [-0.2, -0.15) is 0 Å². The highest BCUT2D eigenvalue weighted by molar-refractivity contribution is 8.13. The summed E-state index contributed by atoms with van der Waals surface area (Å²) in [6, 6.07) is 4.51. The van der Waals surface area contributed by atoms with Gasteiger partial charge in [0.05, 0.1) is 12.5 Å². The summed E-state index contributed by atoms with van der Waals surface area (Å²) < 4.78 is 0. The molecule has 0 aliphatic rings. The zero-order valence-electron chi connectivity index (χ0n) is 11.5. The molecule has 0 aliphatic carbocycles. The second-order valence-corrected chi connectivity index (χ2v) is 6.26. The molecule has 116 valence electrons. The van der Waals surface area contributed by atoms with E-state index in [1.54, 1.807) is 0 Å². The average Bonchev–Trinajstić information content (AvgIpc) is 2.39. The van der Waals surface area contributed by atoms with E-state index in [4.69, 9.17) is 16.7 Å². The van der Waals surface area contributed by atoms with Crippen LogP contribution in [0, 0.1) is 0 Å². The van der Waals surface area contributed by atoms with Crippen LogP contribution in [0.5, 0.6) is 0 Å². The number of thioether (sulfide) groups is 1. The maximum absolute atomic E-state index is 10.8. The lowest BCUT2D eigenvalue weighted by Crippen LogP contribution is -2.21. The SMILES string of the molecule is CC(=O)SCCC(O)C(O)c1cc(Cl)ccc1CC(=O)O.